The van der Waals surface area contributed by atoms with Gasteiger partial charge in [0.2, 0.25) is 27.5 Å². The van der Waals surface area contributed by atoms with E-state index in [1.54, 1.807) is 0 Å². The summed E-state index contributed by atoms with van der Waals surface area (Å²) in [6, 6.07) is -4.57. The van der Waals surface area contributed by atoms with E-state index in [1.165, 1.54) is 0 Å². The molecular formula is C22H20F23N5O3S. The minimum absolute atomic E-state index is 0.705. The van der Waals surface area contributed by atoms with Crippen molar-refractivity contribution in [1.82, 2.24) is 10.6 Å². The second kappa shape index (κ2) is 17.0. The number of primary sulfonamides is 1. The van der Waals surface area contributed by atoms with Crippen LogP contribution >= 0.6 is 0 Å². The van der Waals surface area contributed by atoms with E-state index < -0.39 is 103 Å². The van der Waals surface area contributed by atoms with Crippen LogP contribution in [0.2, 0.25) is 0 Å². The van der Waals surface area contributed by atoms with Crippen LogP contribution in [0.1, 0.15) is 0 Å². The number of nitrogens with two attached hydrogens (primary N) is 3. The van der Waals surface area contributed by atoms with Crippen LogP contribution in [0, 0.1) is 23.3 Å². The third kappa shape index (κ3) is 9.12. The van der Waals surface area contributed by atoms with Gasteiger partial charge in [0.1, 0.15) is 0 Å². The van der Waals surface area contributed by atoms with Crippen LogP contribution in [0.5, 0.6) is 5.75 Å². The van der Waals surface area contributed by atoms with Crippen LogP contribution < -0.4 is 32.0 Å². The van der Waals surface area contributed by atoms with Crippen LogP contribution in [0.3, 0.4) is 0 Å². The third-order valence-corrected chi connectivity index (χ3v) is 6.88. The van der Waals surface area contributed by atoms with Gasteiger partial charge in [0.15, 0.2) is 22.3 Å². The van der Waals surface area contributed by atoms with Crippen molar-refractivity contribution in [3.05, 3.63) is 35.1 Å². The highest BCUT2D eigenvalue weighted by atomic mass is 32.2. The van der Waals surface area contributed by atoms with Crippen LogP contribution in [-0.2, 0) is 10.0 Å². The summed E-state index contributed by atoms with van der Waals surface area (Å²) in [5.41, 5.74) is 10.5. The lowest BCUT2D eigenvalue weighted by Gasteiger charge is -2.42. The number of benzene rings is 1. The van der Waals surface area contributed by atoms with Crippen LogP contribution in [0.25, 0.3) is 0 Å². The molecule has 0 aliphatic carbocycles. The highest BCUT2D eigenvalue weighted by molar-refractivity contribution is 7.89. The Bertz CT molecular complexity index is 1590. The van der Waals surface area contributed by atoms with Crippen LogP contribution in [-0.4, -0.2) is 95.3 Å². The molecule has 1 aromatic carbocycles. The molecule has 54 heavy (non-hydrogen) atoms. The van der Waals surface area contributed by atoms with Gasteiger partial charge < -0.3 is 26.8 Å². The molecule has 0 amide bonds. The second-order valence-electron chi connectivity index (χ2n) is 9.74. The number of alkyl halides is 17. The van der Waals surface area contributed by atoms with Gasteiger partial charge in [-0.1, -0.05) is 0 Å². The summed E-state index contributed by atoms with van der Waals surface area (Å²) in [7, 11) is -6.17. The van der Waals surface area contributed by atoms with E-state index in [0.29, 0.717) is 13.1 Å². The first kappa shape index (κ1) is 50.9. The topological polar surface area (TPSA) is 145 Å². The molecule has 0 heterocycles. The van der Waals surface area contributed by atoms with Gasteiger partial charge in [-0.15, -0.1) is 0 Å². The summed E-state index contributed by atoms with van der Waals surface area (Å²) in [6.07, 6.45) is -8.07. The number of hydrogen-bond acceptors (Lipinski definition) is 7. The van der Waals surface area contributed by atoms with E-state index >= 15 is 0 Å². The predicted octanol–water partition coefficient (Wildman–Crippen LogP) is 5.47. The lowest BCUT2D eigenvalue weighted by Crippen LogP contribution is -2.74. The largest absolute Gasteiger partial charge is 0.460 e. The normalized spacial score (nSPS) is 14.8. The molecule has 1 aromatic rings. The van der Waals surface area contributed by atoms with Gasteiger partial charge in [0.25, 0.3) is 0 Å². The van der Waals surface area contributed by atoms with Crippen molar-refractivity contribution in [2.75, 3.05) is 39.3 Å². The van der Waals surface area contributed by atoms with Gasteiger partial charge in [0, 0.05) is 39.3 Å². The summed E-state index contributed by atoms with van der Waals surface area (Å²) in [6.45, 7) is 5.14. The summed E-state index contributed by atoms with van der Waals surface area (Å²) in [4.78, 5) is -3.03. The number of nitrogens with one attached hydrogen (secondary N) is 2. The highest BCUT2D eigenvalue weighted by Gasteiger charge is 2.95. The van der Waals surface area contributed by atoms with Crippen molar-refractivity contribution in [2.24, 2.45) is 16.6 Å². The maximum Gasteiger partial charge on any atom is 0.460 e. The molecule has 0 aliphatic heterocycles. The Morgan fingerprint density at radius 3 is 1.20 bits per heavy atom. The van der Waals surface area contributed by atoms with Gasteiger partial charge in [-0.25, -0.2) is 26.7 Å². The zero-order valence-electron chi connectivity index (χ0n) is 25.3. The first-order valence-corrected chi connectivity index (χ1v) is 14.6. The molecule has 0 aromatic heterocycles. The molecule has 0 spiro atoms. The number of rotatable bonds is 17. The average Bonchev–Trinajstić information content (AvgIpc) is 3.02. The minimum atomic E-state index is -9.22. The molecule has 318 valence electrons. The lowest BCUT2D eigenvalue weighted by molar-refractivity contribution is -0.460. The Morgan fingerprint density at radius 1 is 0.537 bits per heavy atom. The molecular weight excluding hydrogens is 851 g/mol. The molecule has 0 fully saturated rings. The summed E-state index contributed by atoms with van der Waals surface area (Å²) < 4.78 is 331. The minimum Gasteiger partial charge on any atom is -0.425 e. The molecule has 1 rings (SSSR count). The molecule has 0 radical (unpaired) electrons. The smallest absolute Gasteiger partial charge is 0.425 e. The summed E-state index contributed by atoms with van der Waals surface area (Å²) in [5, 5.41) is 10.5. The van der Waals surface area contributed by atoms with Gasteiger partial charge in [-0.3, -0.25) is 0 Å². The van der Waals surface area contributed by atoms with Gasteiger partial charge in [0.05, 0.1) is 0 Å². The Hall–Kier alpha value is -3.10. The maximum absolute atomic E-state index is 13.8. The zero-order chi connectivity index (χ0) is 43.5. The average molecular weight is 871 g/mol. The van der Waals surface area contributed by atoms with Crippen molar-refractivity contribution < 1.29 is 114 Å². The fourth-order valence-electron chi connectivity index (χ4n) is 3.13. The first-order chi connectivity index (χ1) is 23.9. The molecule has 0 atom stereocenters. The fraction of sp³-hybridized carbons (Fsp3) is 0.636. The zero-order valence-corrected chi connectivity index (χ0v) is 26.1. The van der Waals surface area contributed by atoms with Crippen molar-refractivity contribution in [1.29, 1.82) is 0 Å². The Labute approximate surface area is 284 Å². The van der Waals surface area contributed by atoms with Crippen molar-refractivity contribution in [2.45, 2.75) is 52.5 Å². The molecule has 8 N–H and O–H groups in total. The molecule has 0 bridgehead atoms. The summed E-state index contributed by atoms with van der Waals surface area (Å²) >= 11 is 0. The molecule has 0 saturated heterocycles. The van der Waals surface area contributed by atoms with Gasteiger partial charge in [-0.05, 0) is 0 Å². The first-order valence-electron chi connectivity index (χ1n) is 13.0. The van der Waals surface area contributed by atoms with E-state index in [2.05, 4.69) is 20.5 Å². The standard InChI is InChI=1S/C16H2F23NO3S.C6H18N4/c17-1-2(18)4(20)6(44(40,41)42)5(3(1)19)43-8(22)7(21)9(23,24)10(25,26)11(27,28)12(29,30)13(31,32)14(33,34)15(35,36)16(37,38)39;7-1-3-9-5-6-10-4-2-8/h(H2,40,41,42);9-10H,1-8H2. The highest BCUT2D eigenvalue weighted by Crippen LogP contribution is 2.64. The molecule has 0 saturated carbocycles. The van der Waals surface area contributed by atoms with E-state index in [4.69, 9.17) is 11.5 Å². The van der Waals surface area contributed by atoms with Crippen molar-refractivity contribution >= 4 is 10.0 Å². The Kier molecular flexibility index (Phi) is 16.0. The fourth-order valence-corrected chi connectivity index (χ4v) is 3.86. The van der Waals surface area contributed by atoms with Crippen molar-refractivity contribution in [3.8, 4) is 5.75 Å². The van der Waals surface area contributed by atoms with Crippen LogP contribution in [0.15, 0.2) is 16.7 Å². The molecule has 0 unspecified atom stereocenters. The van der Waals surface area contributed by atoms with Gasteiger partial charge >= 0.3 is 53.6 Å². The summed E-state index contributed by atoms with van der Waals surface area (Å²) in [5.74, 6) is -83.9. The number of ether oxygens (including phenoxy) is 1. The molecule has 0 aliphatic rings. The Morgan fingerprint density at radius 2 is 0.870 bits per heavy atom. The van der Waals surface area contributed by atoms with Crippen LogP contribution in [0.4, 0.5) is 101 Å². The van der Waals surface area contributed by atoms with Crippen molar-refractivity contribution in [3.63, 3.8) is 0 Å². The quantitative estimate of drug-likeness (QED) is 0.0460. The number of allylic oxidation sites excluding steroid dienone is 1. The number of hydrogen-bond donors (Lipinski definition) is 5. The predicted molar refractivity (Wildman–Crippen MR) is 132 cm³/mol. The van der Waals surface area contributed by atoms with E-state index in [9.17, 15) is 109 Å². The molecule has 32 heteroatoms. The van der Waals surface area contributed by atoms with E-state index in [-0.39, 0.29) is 0 Å². The SMILES string of the molecule is NCCNCCNCCN.NS(=O)(=O)c1c(F)c(F)c(F)c(F)c1OC(F)=C(F)C(F)(F)C(F)(F)C(F)(F)C(F)(F)C(F)(F)C(F)(F)C(F)(F)C(F)(F)F. The number of halogens is 23. The van der Waals surface area contributed by atoms with E-state index in [1.807, 2.05) is 0 Å². The molecule has 8 nitrogen and oxygen atoms in total. The second-order valence-corrected chi connectivity index (χ2v) is 11.2. The monoisotopic (exact) mass is 871 g/mol. The Balaban J connectivity index is 0.00000244. The van der Waals surface area contributed by atoms with E-state index in [0.717, 1.165) is 26.2 Å². The maximum atomic E-state index is 13.8. The third-order valence-electron chi connectivity index (χ3n) is 5.95. The van der Waals surface area contributed by atoms with Gasteiger partial charge in [-0.2, -0.15) is 87.8 Å². The lowest BCUT2D eigenvalue weighted by atomic mass is 9.88. The number of sulfonamides is 1.